The topological polar surface area (TPSA) is 51.0 Å². The van der Waals surface area contributed by atoms with Crippen LogP contribution in [0.4, 0.5) is 8.78 Å². The van der Waals surface area contributed by atoms with Crippen LogP contribution < -0.4 is 5.32 Å². The number of nitrogens with zero attached hydrogens (tertiary/aromatic N) is 2. The molecule has 1 atom stereocenters. The summed E-state index contributed by atoms with van der Waals surface area (Å²) in [6.45, 7) is 2.14. The van der Waals surface area contributed by atoms with Gasteiger partial charge in [-0.25, -0.2) is 8.78 Å². The molecule has 3 rings (SSSR count). The Bertz CT molecular complexity index is 836. The minimum atomic E-state index is -0.871. The molecule has 2 aromatic carbocycles. The van der Waals surface area contributed by atoms with E-state index in [4.69, 9.17) is 16.1 Å². The Morgan fingerprint density at radius 1 is 1.12 bits per heavy atom. The van der Waals surface area contributed by atoms with Crippen LogP contribution in [0.15, 0.2) is 47.0 Å². The van der Waals surface area contributed by atoms with Gasteiger partial charge < -0.3 is 9.84 Å². The summed E-state index contributed by atoms with van der Waals surface area (Å²) in [5.74, 6) is -0.877. The maximum absolute atomic E-state index is 13.3. The Hall–Kier alpha value is -2.31. The zero-order valence-electron chi connectivity index (χ0n) is 12.8. The molecule has 7 heteroatoms. The minimum Gasteiger partial charge on any atom is -0.338 e. The van der Waals surface area contributed by atoms with Crippen molar-refractivity contribution >= 4 is 11.6 Å². The molecule has 0 saturated carbocycles. The molecule has 3 aromatic rings. The average Bonchev–Trinajstić information content (AvgIpc) is 3.05. The van der Waals surface area contributed by atoms with Crippen LogP contribution in [0.25, 0.3) is 11.4 Å². The lowest BCUT2D eigenvalue weighted by atomic mass is 10.1. The third-order valence-corrected chi connectivity index (χ3v) is 3.83. The molecule has 0 fully saturated rings. The SMILES string of the molecule is C[C@@H](NCc1nc(-c2ccc(Cl)cc2)no1)c1ccc(F)c(F)c1. The summed E-state index contributed by atoms with van der Waals surface area (Å²) >= 11 is 5.84. The summed E-state index contributed by atoms with van der Waals surface area (Å²) in [5.41, 5.74) is 1.43. The van der Waals surface area contributed by atoms with Gasteiger partial charge >= 0.3 is 0 Å². The molecule has 124 valence electrons. The largest absolute Gasteiger partial charge is 0.338 e. The molecule has 1 aromatic heterocycles. The number of hydrogen-bond acceptors (Lipinski definition) is 4. The molecule has 0 aliphatic carbocycles. The summed E-state index contributed by atoms with van der Waals surface area (Å²) in [4.78, 5) is 4.29. The number of nitrogens with one attached hydrogen (secondary N) is 1. The fourth-order valence-corrected chi connectivity index (χ4v) is 2.31. The second kappa shape index (κ2) is 7.07. The molecule has 0 aliphatic rings. The van der Waals surface area contributed by atoms with Crippen molar-refractivity contribution in [3.63, 3.8) is 0 Å². The van der Waals surface area contributed by atoms with Gasteiger partial charge in [0.15, 0.2) is 11.6 Å². The fraction of sp³-hybridized carbons (Fsp3) is 0.176. The van der Waals surface area contributed by atoms with Crippen molar-refractivity contribution in [1.82, 2.24) is 15.5 Å². The monoisotopic (exact) mass is 349 g/mol. The van der Waals surface area contributed by atoms with Crippen molar-refractivity contribution in [2.75, 3.05) is 0 Å². The van der Waals surface area contributed by atoms with Crippen LogP contribution in [0.3, 0.4) is 0 Å². The second-order valence-corrected chi connectivity index (χ2v) is 5.73. The number of halogens is 3. The van der Waals surface area contributed by atoms with Gasteiger partial charge in [-0.15, -0.1) is 0 Å². The normalized spacial score (nSPS) is 12.3. The predicted molar refractivity (Wildman–Crippen MR) is 86.4 cm³/mol. The summed E-state index contributed by atoms with van der Waals surface area (Å²) in [6, 6.07) is 10.7. The molecular weight excluding hydrogens is 336 g/mol. The second-order valence-electron chi connectivity index (χ2n) is 5.29. The van der Waals surface area contributed by atoms with Crippen LogP contribution in [0, 0.1) is 11.6 Å². The number of aromatic nitrogens is 2. The molecule has 0 saturated heterocycles. The van der Waals surface area contributed by atoms with E-state index in [1.165, 1.54) is 12.1 Å². The average molecular weight is 350 g/mol. The van der Waals surface area contributed by atoms with Gasteiger partial charge in [-0.1, -0.05) is 22.8 Å². The maximum Gasteiger partial charge on any atom is 0.240 e. The van der Waals surface area contributed by atoms with Gasteiger partial charge in [0.1, 0.15) is 0 Å². The molecule has 0 spiro atoms. The predicted octanol–water partition coefficient (Wildman–Crippen LogP) is 4.52. The minimum absolute atomic E-state index is 0.203. The van der Waals surface area contributed by atoms with Crippen molar-refractivity contribution in [3.8, 4) is 11.4 Å². The van der Waals surface area contributed by atoms with E-state index in [0.29, 0.717) is 28.8 Å². The van der Waals surface area contributed by atoms with Crippen molar-refractivity contribution in [2.24, 2.45) is 0 Å². The zero-order valence-corrected chi connectivity index (χ0v) is 13.5. The third-order valence-electron chi connectivity index (χ3n) is 3.57. The fourth-order valence-electron chi connectivity index (χ4n) is 2.18. The highest BCUT2D eigenvalue weighted by Gasteiger charge is 2.12. The molecule has 24 heavy (non-hydrogen) atoms. The first-order chi connectivity index (χ1) is 11.5. The number of rotatable bonds is 5. The summed E-state index contributed by atoms with van der Waals surface area (Å²) < 4.78 is 31.4. The Kier molecular flexibility index (Phi) is 4.87. The molecule has 0 bridgehead atoms. The van der Waals surface area contributed by atoms with Gasteiger partial charge in [-0.3, -0.25) is 0 Å². The van der Waals surface area contributed by atoms with Gasteiger partial charge in [0.05, 0.1) is 6.54 Å². The van der Waals surface area contributed by atoms with E-state index in [0.717, 1.165) is 11.6 Å². The first kappa shape index (κ1) is 16.5. The number of hydrogen-bond donors (Lipinski definition) is 1. The van der Waals surface area contributed by atoms with E-state index in [1.54, 1.807) is 24.3 Å². The van der Waals surface area contributed by atoms with Gasteiger partial charge in [0, 0.05) is 16.6 Å². The summed E-state index contributed by atoms with van der Waals surface area (Å²) in [5, 5.41) is 7.67. The molecule has 0 radical (unpaired) electrons. The van der Waals surface area contributed by atoms with Crippen LogP contribution in [0.2, 0.25) is 5.02 Å². The smallest absolute Gasteiger partial charge is 0.240 e. The lowest BCUT2D eigenvalue weighted by Crippen LogP contribution is -2.18. The van der Waals surface area contributed by atoms with Gasteiger partial charge in [0.25, 0.3) is 0 Å². The summed E-state index contributed by atoms with van der Waals surface area (Å²) in [6.07, 6.45) is 0. The molecule has 0 aliphatic heterocycles. The number of benzene rings is 2. The molecule has 1 N–H and O–H groups in total. The molecule has 4 nitrogen and oxygen atoms in total. The van der Waals surface area contributed by atoms with Crippen LogP contribution in [0.1, 0.15) is 24.4 Å². The van der Waals surface area contributed by atoms with E-state index < -0.39 is 11.6 Å². The molecule has 1 heterocycles. The van der Waals surface area contributed by atoms with Crippen molar-refractivity contribution < 1.29 is 13.3 Å². The van der Waals surface area contributed by atoms with Crippen LogP contribution in [-0.4, -0.2) is 10.1 Å². The van der Waals surface area contributed by atoms with Gasteiger partial charge in [-0.05, 0) is 48.9 Å². The van der Waals surface area contributed by atoms with E-state index in [1.807, 2.05) is 6.92 Å². The highest BCUT2D eigenvalue weighted by Crippen LogP contribution is 2.19. The Balaban J connectivity index is 1.64. The van der Waals surface area contributed by atoms with Crippen LogP contribution >= 0.6 is 11.6 Å². The lowest BCUT2D eigenvalue weighted by Gasteiger charge is -2.12. The summed E-state index contributed by atoms with van der Waals surface area (Å²) in [7, 11) is 0. The van der Waals surface area contributed by atoms with Crippen molar-refractivity contribution in [2.45, 2.75) is 19.5 Å². The van der Waals surface area contributed by atoms with Crippen LogP contribution in [0.5, 0.6) is 0 Å². The molecular formula is C17H14ClF2N3O. The first-order valence-electron chi connectivity index (χ1n) is 7.30. The van der Waals surface area contributed by atoms with Gasteiger partial charge in [0.2, 0.25) is 11.7 Å². The lowest BCUT2D eigenvalue weighted by molar-refractivity contribution is 0.360. The quantitative estimate of drug-likeness (QED) is 0.735. The Labute approximate surface area is 142 Å². The zero-order chi connectivity index (χ0) is 17.1. The standard InChI is InChI=1S/C17H14ClF2N3O/c1-10(12-4-7-14(19)15(20)8-12)21-9-16-22-17(23-24-16)11-2-5-13(18)6-3-11/h2-8,10,21H,9H2,1H3/t10-/m1/s1. The molecule has 0 unspecified atom stereocenters. The third kappa shape index (κ3) is 3.77. The van der Waals surface area contributed by atoms with Crippen LogP contribution in [-0.2, 0) is 6.54 Å². The van der Waals surface area contributed by atoms with E-state index >= 15 is 0 Å². The molecule has 0 amide bonds. The Morgan fingerprint density at radius 2 is 1.88 bits per heavy atom. The maximum atomic E-state index is 13.3. The van der Waals surface area contributed by atoms with Crippen molar-refractivity contribution in [3.05, 3.63) is 70.6 Å². The van der Waals surface area contributed by atoms with E-state index in [9.17, 15) is 8.78 Å². The van der Waals surface area contributed by atoms with Crippen molar-refractivity contribution in [1.29, 1.82) is 0 Å². The van der Waals surface area contributed by atoms with E-state index in [2.05, 4.69) is 15.5 Å². The Morgan fingerprint density at radius 3 is 2.58 bits per heavy atom. The highest BCUT2D eigenvalue weighted by molar-refractivity contribution is 6.30. The van der Waals surface area contributed by atoms with E-state index in [-0.39, 0.29) is 6.04 Å². The van der Waals surface area contributed by atoms with Gasteiger partial charge in [-0.2, -0.15) is 4.98 Å². The first-order valence-corrected chi connectivity index (χ1v) is 7.67. The highest BCUT2D eigenvalue weighted by atomic mass is 35.5.